The molecule has 0 aliphatic heterocycles. The molecule has 0 aliphatic carbocycles. The van der Waals surface area contributed by atoms with Crippen molar-refractivity contribution in [1.82, 2.24) is 9.47 Å². The van der Waals surface area contributed by atoms with E-state index in [4.69, 9.17) is 5.11 Å². The van der Waals surface area contributed by atoms with E-state index in [1.807, 2.05) is 17.7 Å². The Bertz CT molecular complexity index is 412. The van der Waals surface area contributed by atoms with Crippen LogP contribution in [0.2, 0.25) is 0 Å². The van der Waals surface area contributed by atoms with Crippen LogP contribution in [0.1, 0.15) is 30.8 Å². The van der Waals surface area contributed by atoms with Gasteiger partial charge in [-0.1, -0.05) is 6.92 Å². The molecule has 1 aromatic rings. The van der Waals surface area contributed by atoms with Crippen molar-refractivity contribution in [2.24, 2.45) is 0 Å². The molecule has 1 N–H and O–H groups in total. The largest absolute Gasteiger partial charge is 0.480 e. The molecule has 5 nitrogen and oxygen atoms in total. The number of carboxylic acids is 1. The number of carbonyl (C=O) groups is 2. The lowest BCUT2D eigenvalue weighted by molar-refractivity contribution is -0.141. The van der Waals surface area contributed by atoms with Crippen molar-refractivity contribution >= 4 is 11.9 Å². The van der Waals surface area contributed by atoms with E-state index in [1.54, 1.807) is 12.1 Å². The molecule has 0 saturated heterocycles. The van der Waals surface area contributed by atoms with E-state index in [0.717, 1.165) is 13.0 Å². The number of hydrogen-bond acceptors (Lipinski definition) is 2. The first kappa shape index (κ1) is 13.3. The Morgan fingerprint density at radius 1 is 1.53 bits per heavy atom. The molecule has 0 aliphatic rings. The Balaban J connectivity index is 2.88. The van der Waals surface area contributed by atoms with Crippen LogP contribution >= 0.6 is 0 Å². The maximum absolute atomic E-state index is 12.1. The number of aromatic nitrogens is 1. The third-order valence-corrected chi connectivity index (χ3v) is 2.77. The number of rotatable bonds is 5. The number of likely N-dealkylation sites (N-methyl/N-ethyl adjacent to an activating group) is 1. The Morgan fingerprint density at radius 3 is 2.71 bits per heavy atom. The monoisotopic (exact) mass is 238 g/mol. The molecular weight excluding hydrogens is 220 g/mol. The molecule has 5 heteroatoms. The Hall–Kier alpha value is -1.78. The van der Waals surface area contributed by atoms with Crippen molar-refractivity contribution in [2.75, 3.05) is 7.05 Å². The molecule has 0 bridgehead atoms. The van der Waals surface area contributed by atoms with E-state index < -0.39 is 12.0 Å². The molecule has 1 rings (SSSR count). The average Bonchev–Trinajstić information content (AvgIpc) is 2.74. The summed E-state index contributed by atoms with van der Waals surface area (Å²) in [6.45, 7) is 4.27. The standard InChI is InChI=1S/C12H18N2O3/c1-4-7-14-8-5-6-10(14)11(15)13(3)9(2)12(16)17/h5-6,8-9H,4,7H2,1-3H3,(H,16,17). The second kappa shape index (κ2) is 5.52. The van der Waals surface area contributed by atoms with Gasteiger partial charge in [-0.15, -0.1) is 0 Å². The Morgan fingerprint density at radius 2 is 2.18 bits per heavy atom. The van der Waals surface area contributed by atoms with Gasteiger partial charge in [0, 0.05) is 19.8 Å². The van der Waals surface area contributed by atoms with E-state index >= 15 is 0 Å². The first-order valence-corrected chi connectivity index (χ1v) is 5.64. The fraction of sp³-hybridized carbons (Fsp3) is 0.500. The fourth-order valence-electron chi connectivity index (χ4n) is 1.57. The van der Waals surface area contributed by atoms with Crippen molar-refractivity contribution in [1.29, 1.82) is 0 Å². The number of carbonyl (C=O) groups excluding carboxylic acids is 1. The van der Waals surface area contributed by atoms with Crippen LogP contribution in [0.3, 0.4) is 0 Å². The van der Waals surface area contributed by atoms with Crippen LogP contribution in [0.15, 0.2) is 18.3 Å². The third-order valence-electron chi connectivity index (χ3n) is 2.77. The first-order valence-electron chi connectivity index (χ1n) is 5.64. The van der Waals surface area contributed by atoms with Gasteiger partial charge in [0.15, 0.2) is 0 Å². The van der Waals surface area contributed by atoms with Crippen LogP contribution in [0.25, 0.3) is 0 Å². The molecule has 17 heavy (non-hydrogen) atoms. The second-order valence-electron chi connectivity index (χ2n) is 4.02. The topological polar surface area (TPSA) is 62.5 Å². The lowest BCUT2D eigenvalue weighted by Crippen LogP contribution is -2.41. The number of hydrogen-bond donors (Lipinski definition) is 1. The summed E-state index contributed by atoms with van der Waals surface area (Å²) < 4.78 is 1.84. The molecule has 1 aromatic heterocycles. The first-order chi connectivity index (χ1) is 7.99. The summed E-state index contributed by atoms with van der Waals surface area (Å²) in [5.41, 5.74) is 0.530. The minimum Gasteiger partial charge on any atom is -0.480 e. The van der Waals surface area contributed by atoms with E-state index in [0.29, 0.717) is 5.69 Å². The zero-order chi connectivity index (χ0) is 13.0. The molecule has 0 fully saturated rings. The highest BCUT2D eigenvalue weighted by atomic mass is 16.4. The van der Waals surface area contributed by atoms with Gasteiger partial charge in [0.2, 0.25) is 0 Å². The average molecular weight is 238 g/mol. The minimum atomic E-state index is -1.01. The predicted molar refractivity (Wildman–Crippen MR) is 63.9 cm³/mol. The van der Waals surface area contributed by atoms with Gasteiger partial charge in [0.1, 0.15) is 11.7 Å². The van der Waals surface area contributed by atoms with Crippen LogP contribution < -0.4 is 0 Å². The minimum absolute atomic E-state index is 0.265. The van der Waals surface area contributed by atoms with Gasteiger partial charge in [-0.3, -0.25) is 4.79 Å². The summed E-state index contributed by atoms with van der Waals surface area (Å²) in [6, 6.07) is 2.68. The van der Waals surface area contributed by atoms with E-state index in [2.05, 4.69) is 0 Å². The van der Waals surface area contributed by atoms with Gasteiger partial charge in [-0.2, -0.15) is 0 Å². The fourth-order valence-corrected chi connectivity index (χ4v) is 1.57. The van der Waals surface area contributed by atoms with Gasteiger partial charge >= 0.3 is 5.97 Å². The van der Waals surface area contributed by atoms with Crippen LogP contribution in [0, 0.1) is 0 Å². The number of nitrogens with zero attached hydrogens (tertiary/aromatic N) is 2. The summed E-state index contributed by atoms with van der Waals surface area (Å²) in [5.74, 6) is -1.27. The molecule has 1 heterocycles. The molecule has 0 aromatic carbocycles. The van der Waals surface area contributed by atoms with Crippen LogP contribution in [-0.4, -0.2) is 39.5 Å². The number of aryl methyl sites for hydroxylation is 1. The summed E-state index contributed by atoms with van der Waals surface area (Å²) >= 11 is 0. The molecule has 0 spiro atoms. The van der Waals surface area contributed by atoms with Crippen molar-refractivity contribution < 1.29 is 14.7 Å². The number of carboxylic acid groups (broad SMARTS) is 1. The quantitative estimate of drug-likeness (QED) is 0.844. The lowest BCUT2D eigenvalue weighted by Gasteiger charge is -2.22. The SMILES string of the molecule is CCCn1cccc1C(=O)N(C)C(C)C(=O)O. The van der Waals surface area contributed by atoms with Crippen LogP contribution in [0.5, 0.6) is 0 Å². The van der Waals surface area contributed by atoms with Gasteiger partial charge < -0.3 is 14.6 Å². The van der Waals surface area contributed by atoms with Gasteiger partial charge in [0.25, 0.3) is 5.91 Å². The van der Waals surface area contributed by atoms with Crippen molar-refractivity contribution in [3.63, 3.8) is 0 Å². The Kier molecular flexibility index (Phi) is 4.31. The second-order valence-corrected chi connectivity index (χ2v) is 4.02. The summed E-state index contributed by atoms with van der Waals surface area (Å²) in [5, 5.41) is 8.87. The third kappa shape index (κ3) is 2.87. The zero-order valence-electron chi connectivity index (χ0n) is 10.4. The van der Waals surface area contributed by atoms with Crippen LogP contribution in [-0.2, 0) is 11.3 Å². The van der Waals surface area contributed by atoms with Gasteiger partial charge in [0.05, 0.1) is 0 Å². The summed E-state index contributed by atoms with van der Waals surface area (Å²) in [7, 11) is 1.50. The van der Waals surface area contributed by atoms with Crippen molar-refractivity contribution in [3.8, 4) is 0 Å². The molecular formula is C12H18N2O3. The zero-order valence-corrected chi connectivity index (χ0v) is 10.4. The molecule has 1 unspecified atom stereocenters. The molecule has 0 saturated carbocycles. The van der Waals surface area contributed by atoms with Crippen LogP contribution in [0.4, 0.5) is 0 Å². The van der Waals surface area contributed by atoms with E-state index in [1.165, 1.54) is 18.9 Å². The highest BCUT2D eigenvalue weighted by molar-refractivity contribution is 5.95. The highest BCUT2D eigenvalue weighted by Crippen LogP contribution is 2.09. The molecule has 1 atom stereocenters. The molecule has 0 radical (unpaired) electrons. The van der Waals surface area contributed by atoms with Crippen molar-refractivity contribution in [3.05, 3.63) is 24.0 Å². The lowest BCUT2D eigenvalue weighted by atomic mass is 10.2. The van der Waals surface area contributed by atoms with E-state index in [9.17, 15) is 9.59 Å². The van der Waals surface area contributed by atoms with Gasteiger partial charge in [-0.05, 0) is 25.5 Å². The maximum Gasteiger partial charge on any atom is 0.326 e. The molecule has 1 amide bonds. The van der Waals surface area contributed by atoms with E-state index in [-0.39, 0.29) is 5.91 Å². The summed E-state index contributed by atoms with van der Waals surface area (Å²) in [6.07, 6.45) is 2.75. The number of aliphatic carboxylic acids is 1. The smallest absolute Gasteiger partial charge is 0.326 e. The Labute approximate surface area is 101 Å². The van der Waals surface area contributed by atoms with Gasteiger partial charge in [-0.25, -0.2) is 4.79 Å². The number of amides is 1. The van der Waals surface area contributed by atoms with Crippen molar-refractivity contribution in [2.45, 2.75) is 32.9 Å². The highest BCUT2D eigenvalue weighted by Gasteiger charge is 2.24. The summed E-state index contributed by atoms with van der Waals surface area (Å²) in [4.78, 5) is 24.2. The normalized spacial score (nSPS) is 12.2. The molecule has 94 valence electrons. The predicted octanol–water partition coefficient (Wildman–Crippen LogP) is 1.44. The maximum atomic E-state index is 12.1.